The number of aryl methyl sites for hydroxylation is 3. The van der Waals surface area contributed by atoms with Crippen LogP contribution in [0.3, 0.4) is 0 Å². The van der Waals surface area contributed by atoms with Gasteiger partial charge in [0.25, 0.3) is 0 Å². The van der Waals surface area contributed by atoms with Gasteiger partial charge < -0.3 is 4.57 Å². The van der Waals surface area contributed by atoms with Crippen LogP contribution in [-0.2, 0) is 6.42 Å². The van der Waals surface area contributed by atoms with Gasteiger partial charge in [-0.1, -0.05) is 24.3 Å². The molecule has 31 heavy (non-hydrogen) atoms. The van der Waals surface area contributed by atoms with Crippen molar-refractivity contribution < 1.29 is 4.39 Å². The van der Waals surface area contributed by atoms with E-state index in [4.69, 9.17) is 10.1 Å². The molecule has 0 unspecified atom stereocenters. The normalized spacial score (nSPS) is 16.0. The highest BCUT2D eigenvalue weighted by molar-refractivity contribution is 5.68. The molecule has 1 aliphatic heterocycles. The molecule has 2 aromatic heterocycles. The number of rotatable bonds is 4. The van der Waals surface area contributed by atoms with Crippen molar-refractivity contribution in [1.29, 1.82) is 0 Å². The van der Waals surface area contributed by atoms with Crippen molar-refractivity contribution in [1.82, 2.24) is 24.3 Å². The van der Waals surface area contributed by atoms with Crippen LogP contribution in [-0.4, -0.2) is 24.3 Å². The van der Waals surface area contributed by atoms with Crippen molar-refractivity contribution in [3.05, 3.63) is 94.8 Å². The minimum atomic E-state index is -0.216. The highest BCUT2D eigenvalue weighted by Gasteiger charge is 2.24. The number of benzene rings is 2. The molecule has 0 aliphatic carbocycles. The highest BCUT2D eigenvalue weighted by Crippen LogP contribution is 2.30. The number of hydrogen-bond donors (Lipinski definition) is 0. The summed E-state index contributed by atoms with van der Waals surface area (Å²) in [7, 11) is 0. The molecule has 156 valence electrons. The molecule has 0 bridgehead atoms. The van der Waals surface area contributed by atoms with Crippen LogP contribution in [0.5, 0.6) is 0 Å². The summed E-state index contributed by atoms with van der Waals surface area (Å²) >= 11 is 0. The first-order valence-electron chi connectivity index (χ1n) is 10.6. The van der Waals surface area contributed by atoms with Crippen molar-refractivity contribution in [3.63, 3.8) is 0 Å². The van der Waals surface area contributed by atoms with E-state index in [0.29, 0.717) is 5.82 Å². The van der Waals surface area contributed by atoms with E-state index in [1.165, 1.54) is 17.7 Å². The Labute approximate surface area is 180 Å². The standard InChI is InChI=1S/C25H24FN5/c1-17-14-19(6-12-22(17)30-15-18(2)27-16-30)7-13-24-28-25-5-3-4-23(31(25)29-24)20-8-10-21(26)11-9-20/h6-16,23H,3-5H2,1-2H3/b13-7+/t23-/m1/s1. The van der Waals surface area contributed by atoms with Crippen molar-refractivity contribution in [2.24, 2.45) is 0 Å². The monoisotopic (exact) mass is 413 g/mol. The first-order valence-corrected chi connectivity index (χ1v) is 10.6. The maximum Gasteiger partial charge on any atom is 0.174 e. The fourth-order valence-electron chi connectivity index (χ4n) is 4.23. The second-order valence-corrected chi connectivity index (χ2v) is 8.09. The van der Waals surface area contributed by atoms with E-state index in [2.05, 4.69) is 30.1 Å². The topological polar surface area (TPSA) is 48.5 Å². The molecule has 1 aliphatic rings. The number of aromatic nitrogens is 5. The van der Waals surface area contributed by atoms with Gasteiger partial charge in [0, 0.05) is 18.3 Å². The Morgan fingerprint density at radius 3 is 2.65 bits per heavy atom. The van der Waals surface area contributed by atoms with Crippen LogP contribution in [0.25, 0.3) is 17.8 Å². The summed E-state index contributed by atoms with van der Waals surface area (Å²) in [5.74, 6) is 1.48. The average molecular weight is 414 g/mol. The van der Waals surface area contributed by atoms with Crippen LogP contribution in [0.1, 0.15) is 52.9 Å². The third-order valence-electron chi connectivity index (χ3n) is 5.78. The molecule has 5 rings (SSSR count). The zero-order valence-electron chi connectivity index (χ0n) is 17.7. The van der Waals surface area contributed by atoms with Gasteiger partial charge in [-0.05, 0) is 73.7 Å². The van der Waals surface area contributed by atoms with E-state index in [-0.39, 0.29) is 11.9 Å². The maximum atomic E-state index is 13.3. The predicted octanol–water partition coefficient (Wildman–Crippen LogP) is 5.32. The van der Waals surface area contributed by atoms with Crippen molar-refractivity contribution >= 4 is 12.2 Å². The van der Waals surface area contributed by atoms with Crippen LogP contribution < -0.4 is 0 Å². The molecule has 0 N–H and O–H groups in total. The van der Waals surface area contributed by atoms with Gasteiger partial charge in [0.15, 0.2) is 5.82 Å². The summed E-state index contributed by atoms with van der Waals surface area (Å²) in [6, 6.07) is 13.2. The minimum absolute atomic E-state index is 0.110. The summed E-state index contributed by atoms with van der Waals surface area (Å²) in [5, 5.41) is 4.75. The molecule has 0 fully saturated rings. The lowest BCUT2D eigenvalue weighted by atomic mass is 9.98. The van der Waals surface area contributed by atoms with Gasteiger partial charge in [0.2, 0.25) is 0 Å². The Balaban J connectivity index is 1.38. The lowest BCUT2D eigenvalue weighted by Crippen LogP contribution is -2.20. The van der Waals surface area contributed by atoms with Gasteiger partial charge in [-0.2, -0.15) is 5.10 Å². The molecule has 3 heterocycles. The van der Waals surface area contributed by atoms with E-state index in [0.717, 1.165) is 47.6 Å². The van der Waals surface area contributed by atoms with Gasteiger partial charge in [-0.3, -0.25) is 0 Å². The number of fused-ring (bicyclic) bond motifs is 1. The van der Waals surface area contributed by atoms with Gasteiger partial charge in [0.05, 0.1) is 18.1 Å². The zero-order valence-corrected chi connectivity index (χ0v) is 17.7. The van der Waals surface area contributed by atoms with E-state index < -0.39 is 0 Å². The Bertz CT molecular complexity index is 1250. The Morgan fingerprint density at radius 1 is 1.06 bits per heavy atom. The van der Waals surface area contributed by atoms with Crippen LogP contribution >= 0.6 is 0 Å². The molecule has 0 spiro atoms. The lowest BCUT2D eigenvalue weighted by Gasteiger charge is -2.23. The van der Waals surface area contributed by atoms with Gasteiger partial charge in [-0.25, -0.2) is 19.0 Å². The second-order valence-electron chi connectivity index (χ2n) is 8.09. The van der Waals surface area contributed by atoms with Crippen molar-refractivity contribution in [3.8, 4) is 5.69 Å². The third-order valence-corrected chi connectivity index (χ3v) is 5.78. The Hall–Kier alpha value is -3.54. The quantitative estimate of drug-likeness (QED) is 0.455. The van der Waals surface area contributed by atoms with Crippen LogP contribution in [0.15, 0.2) is 55.0 Å². The number of imidazole rings is 1. The van der Waals surface area contributed by atoms with E-state index in [1.54, 1.807) is 0 Å². The number of hydrogen-bond acceptors (Lipinski definition) is 3. The molecular formula is C25H24FN5. The molecule has 4 aromatic rings. The van der Waals surface area contributed by atoms with Gasteiger partial charge in [0.1, 0.15) is 11.6 Å². The maximum absolute atomic E-state index is 13.3. The van der Waals surface area contributed by atoms with Gasteiger partial charge >= 0.3 is 0 Å². The first kappa shape index (κ1) is 19.4. The number of nitrogens with zero attached hydrogens (tertiary/aromatic N) is 5. The van der Waals surface area contributed by atoms with Crippen LogP contribution in [0.4, 0.5) is 4.39 Å². The molecule has 0 amide bonds. The molecule has 2 aromatic carbocycles. The van der Waals surface area contributed by atoms with Crippen molar-refractivity contribution in [2.45, 2.75) is 39.2 Å². The lowest BCUT2D eigenvalue weighted by molar-refractivity contribution is 0.411. The smallest absolute Gasteiger partial charge is 0.174 e. The van der Waals surface area contributed by atoms with Gasteiger partial charge in [-0.15, -0.1) is 0 Å². The Morgan fingerprint density at radius 2 is 1.90 bits per heavy atom. The summed E-state index contributed by atoms with van der Waals surface area (Å²) in [4.78, 5) is 9.04. The summed E-state index contributed by atoms with van der Waals surface area (Å²) in [6.45, 7) is 4.09. The van der Waals surface area contributed by atoms with Crippen molar-refractivity contribution in [2.75, 3.05) is 0 Å². The molecule has 6 heteroatoms. The van der Waals surface area contributed by atoms with E-state index in [1.807, 2.05) is 53.0 Å². The largest absolute Gasteiger partial charge is 0.306 e. The highest BCUT2D eigenvalue weighted by atomic mass is 19.1. The van der Waals surface area contributed by atoms with Crippen LogP contribution in [0.2, 0.25) is 0 Å². The fraction of sp³-hybridized carbons (Fsp3) is 0.240. The van der Waals surface area contributed by atoms with Crippen LogP contribution in [0, 0.1) is 19.7 Å². The average Bonchev–Trinajstić information content (AvgIpc) is 3.38. The molecular weight excluding hydrogens is 389 g/mol. The SMILES string of the molecule is Cc1cn(-c2ccc(/C=C/c3nc4n(n3)[C@@H](c3ccc(F)cc3)CCC4)cc2C)cn1. The first-order chi connectivity index (χ1) is 15.1. The molecule has 0 saturated heterocycles. The molecule has 0 saturated carbocycles. The molecule has 5 nitrogen and oxygen atoms in total. The summed E-state index contributed by atoms with van der Waals surface area (Å²) < 4.78 is 17.4. The fourth-order valence-corrected chi connectivity index (χ4v) is 4.23. The second kappa shape index (κ2) is 7.95. The minimum Gasteiger partial charge on any atom is -0.306 e. The zero-order chi connectivity index (χ0) is 21.4. The molecule has 0 radical (unpaired) electrons. The summed E-state index contributed by atoms with van der Waals surface area (Å²) in [6.07, 6.45) is 10.8. The van der Waals surface area contributed by atoms with E-state index >= 15 is 0 Å². The number of halogens is 1. The van der Waals surface area contributed by atoms with E-state index in [9.17, 15) is 4.39 Å². The Kier molecular flexibility index (Phi) is 4.98. The predicted molar refractivity (Wildman–Crippen MR) is 119 cm³/mol. The molecule has 1 atom stereocenters. The summed E-state index contributed by atoms with van der Waals surface area (Å²) in [5.41, 5.74) is 5.46. The third kappa shape index (κ3) is 3.93.